The van der Waals surface area contributed by atoms with Gasteiger partial charge in [-0.3, -0.25) is 14.5 Å². The van der Waals surface area contributed by atoms with Crippen LogP contribution in [0, 0.1) is 11.3 Å². The first kappa shape index (κ1) is 17.5. The second kappa shape index (κ2) is 7.01. The number of nitrogens with zero attached hydrogens (tertiary/aromatic N) is 2. The molecule has 0 bridgehead atoms. The van der Waals surface area contributed by atoms with E-state index in [2.05, 4.69) is 18.0 Å². The van der Waals surface area contributed by atoms with E-state index in [0.29, 0.717) is 21.8 Å². The van der Waals surface area contributed by atoms with Crippen molar-refractivity contribution >= 4 is 33.8 Å². The summed E-state index contributed by atoms with van der Waals surface area (Å²) in [7, 11) is 0. The molecule has 2 aliphatic rings. The average Bonchev–Trinajstić information content (AvgIpc) is 2.99. The van der Waals surface area contributed by atoms with Crippen molar-refractivity contribution in [2.24, 2.45) is 0 Å². The van der Waals surface area contributed by atoms with E-state index in [1.54, 1.807) is 12.1 Å². The van der Waals surface area contributed by atoms with Gasteiger partial charge in [0.25, 0.3) is 5.91 Å². The lowest BCUT2D eigenvalue weighted by molar-refractivity contribution is -0.116. The van der Waals surface area contributed by atoms with Crippen LogP contribution in [0.25, 0.3) is 5.70 Å². The van der Waals surface area contributed by atoms with E-state index in [0.717, 1.165) is 36.8 Å². The molecule has 136 valence electrons. The second-order valence-electron chi connectivity index (χ2n) is 6.81. The van der Waals surface area contributed by atoms with Crippen molar-refractivity contribution in [2.75, 3.05) is 11.9 Å². The third-order valence-electron chi connectivity index (χ3n) is 5.13. The zero-order valence-corrected chi connectivity index (χ0v) is 15.7. The van der Waals surface area contributed by atoms with Gasteiger partial charge in [-0.05, 0) is 37.3 Å². The molecule has 0 spiro atoms. The maximum absolute atomic E-state index is 12.6. The van der Waals surface area contributed by atoms with Gasteiger partial charge in [-0.15, -0.1) is 11.3 Å². The molecule has 27 heavy (non-hydrogen) atoms. The minimum Gasteiger partial charge on any atom is -0.315 e. The maximum atomic E-state index is 12.6. The highest BCUT2D eigenvalue weighted by Gasteiger charge is 2.32. The van der Waals surface area contributed by atoms with Gasteiger partial charge in [0.1, 0.15) is 17.6 Å². The van der Waals surface area contributed by atoms with Crippen LogP contribution in [0.2, 0.25) is 0 Å². The van der Waals surface area contributed by atoms with Gasteiger partial charge in [0, 0.05) is 21.7 Å². The number of amides is 2. The number of anilines is 1. The predicted molar refractivity (Wildman–Crippen MR) is 105 cm³/mol. The number of nitriles is 1. The summed E-state index contributed by atoms with van der Waals surface area (Å²) in [5.41, 5.74) is 3.53. The molecular weight excluding hydrogens is 358 g/mol. The monoisotopic (exact) mass is 377 g/mol. The molecule has 0 saturated heterocycles. The van der Waals surface area contributed by atoms with Crippen LogP contribution >= 0.6 is 11.3 Å². The molecule has 2 amide bonds. The number of rotatable bonds is 3. The lowest BCUT2D eigenvalue weighted by Crippen LogP contribution is -2.32. The van der Waals surface area contributed by atoms with Crippen molar-refractivity contribution in [3.63, 3.8) is 0 Å². The highest BCUT2D eigenvalue weighted by molar-refractivity contribution is 7.16. The van der Waals surface area contributed by atoms with Crippen LogP contribution in [0.3, 0.4) is 0 Å². The first-order chi connectivity index (χ1) is 13.1. The highest BCUT2D eigenvalue weighted by atomic mass is 32.1. The molecule has 0 fully saturated rings. The molecule has 2 aromatic rings. The molecule has 2 heterocycles. The minimum absolute atomic E-state index is 0.111. The summed E-state index contributed by atoms with van der Waals surface area (Å²) >= 11 is 1.49. The molecule has 1 aliphatic heterocycles. The van der Waals surface area contributed by atoms with Crippen molar-refractivity contribution in [1.82, 2.24) is 4.90 Å². The van der Waals surface area contributed by atoms with Gasteiger partial charge >= 0.3 is 0 Å². The third kappa shape index (κ3) is 3.04. The quantitative estimate of drug-likeness (QED) is 0.823. The van der Waals surface area contributed by atoms with E-state index < -0.39 is 0 Å². The first-order valence-electron chi connectivity index (χ1n) is 9.05. The maximum Gasteiger partial charge on any atom is 0.259 e. The number of benzene rings is 1. The largest absolute Gasteiger partial charge is 0.315 e. The molecule has 0 radical (unpaired) electrons. The van der Waals surface area contributed by atoms with E-state index >= 15 is 0 Å². The van der Waals surface area contributed by atoms with Gasteiger partial charge < -0.3 is 5.32 Å². The summed E-state index contributed by atoms with van der Waals surface area (Å²) in [6, 6.07) is 9.47. The Kier molecular flexibility index (Phi) is 4.54. The molecule has 1 aromatic heterocycles. The standard InChI is InChI=1S/C21H19N3O2S/c1-13-14-7-5-6-9-16(14)21(26)24(13)12-19(25)23-20-17(11-22)15-8-3-2-4-10-18(15)27-20/h5-7,9H,1-4,8,10,12H2,(H,23,25). The van der Waals surface area contributed by atoms with Gasteiger partial charge in [0.15, 0.2) is 0 Å². The van der Waals surface area contributed by atoms with E-state index in [-0.39, 0.29) is 18.4 Å². The molecule has 1 N–H and O–H groups in total. The average molecular weight is 377 g/mol. The highest BCUT2D eigenvalue weighted by Crippen LogP contribution is 2.37. The first-order valence-corrected chi connectivity index (χ1v) is 9.86. The second-order valence-corrected chi connectivity index (χ2v) is 7.92. The van der Waals surface area contributed by atoms with Gasteiger partial charge in [-0.2, -0.15) is 5.26 Å². The third-order valence-corrected chi connectivity index (χ3v) is 6.33. The Morgan fingerprint density at radius 1 is 1.22 bits per heavy atom. The number of carbonyl (C=O) groups is 2. The van der Waals surface area contributed by atoms with Crippen molar-refractivity contribution in [3.05, 3.63) is 58.0 Å². The lowest BCUT2D eigenvalue weighted by atomic mass is 10.1. The number of aryl methyl sites for hydroxylation is 1. The minimum atomic E-state index is -0.315. The van der Waals surface area contributed by atoms with Crippen molar-refractivity contribution < 1.29 is 9.59 Å². The topological polar surface area (TPSA) is 73.2 Å². The van der Waals surface area contributed by atoms with Gasteiger partial charge in [0.05, 0.1) is 5.56 Å². The number of thiophene rings is 1. The number of nitrogens with one attached hydrogen (secondary N) is 1. The predicted octanol–water partition coefficient (Wildman–Crippen LogP) is 3.95. The number of carbonyl (C=O) groups excluding carboxylic acids is 2. The van der Waals surface area contributed by atoms with Crippen LogP contribution in [-0.2, 0) is 17.6 Å². The van der Waals surface area contributed by atoms with Crippen molar-refractivity contribution in [2.45, 2.75) is 32.1 Å². The summed E-state index contributed by atoms with van der Waals surface area (Å²) in [6.07, 6.45) is 5.22. The van der Waals surface area contributed by atoms with Crippen LogP contribution in [0.15, 0.2) is 30.8 Å². The Morgan fingerprint density at radius 3 is 2.70 bits per heavy atom. The Bertz CT molecular complexity index is 964. The number of hydrogen-bond acceptors (Lipinski definition) is 4. The smallest absolute Gasteiger partial charge is 0.259 e. The van der Waals surface area contributed by atoms with E-state index in [9.17, 15) is 14.9 Å². The van der Waals surface area contributed by atoms with Crippen molar-refractivity contribution in [3.8, 4) is 6.07 Å². The van der Waals surface area contributed by atoms with Crippen LogP contribution in [-0.4, -0.2) is 23.3 Å². The number of hydrogen-bond donors (Lipinski definition) is 1. The molecule has 0 atom stereocenters. The van der Waals surface area contributed by atoms with Gasteiger partial charge in [-0.25, -0.2) is 0 Å². The van der Waals surface area contributed by atoms with Crippen molar-refractivity contribution in [1.29, 1.82) is 5.26 Å². The molecule has 1 aliphatic carbocycles. The molecule has 5 nitrogen and oxygen atoms in total. The Balaban J connectivity index is 1.52. The normalized spacial score (nSPS) is 15.7. The molecule has 4 rings (SSSR count). The Morgan fingerprint density at radius 2 is 1.96 bits per heavy atom. The summed E-state index contributed by atoms with van der Waals surface area (Å²) in [4.78, 5) is 27.8. The van der Waals surface area contributed by atoms with Crippen LogP contribution < -0.4 is 5.32 Å². The fourth-order valence-corrected chi connectivity index (χ4v) is 5.02. The molecule has 0 unspecified atom stereocenters. The van der Waals surface area contributed by atoms with Crippen LogP contribution in [0.5, 0.6) is 0 Å². The molecular formula is C21H19N3O2S. The summed E-state index contributed by atoms with van der Waals surface area (Å²) in [5, 5.41) is 13.0. The van der Waals surface area contributed by atoms with E-state index in [1.165, 1.54) is 27.5 Å². The Labute approximate surface area is 161 Å². The summed E-state index contributed by atoms with van der Waals surface area (Å²) in [5.74, 6) is -0.529. The Hall–Kier alpha value is -2.91. The zero-order valence-electron chi connectivity index (χ0n) is 14.9. The SMILES string of the molecule is C=C1c2ccccc2C(=O)N1CC(=O)Nc1sc2c(c1C#N)CCCCC2. The van der Waals surface area contributed by atoms with Crippen LogP contribution in [0.4, 0.5) is 5.00 Å². The molecule has 0 saturated carbocycles. The number of fused-ring (bicyclic) bond motifs is 2. The van der Waals surface area contributed by atoms with E-state index in [1.807, 2.05) is 12.1 Å². The van der Waals surface area contributed by atoms with Gasteiger partial charge in [-0.1, -0.05) is 31.2 Å². The fourth-order valence-electron chi connectivity index (χ4n) is 3.76. The van der Waals surface area contributed by atoms with Gasteiger partial charge in [0.2, 0.25) is 5.91 Å². The van der Waals surface area contributed by atoms with Crippen LogP contribution in [0.1, 0.15) is 51.2 Å². The zero-order chi connectivity index (χ0) is 19.0. The molecule has 6 heteroatoms. The fraction of sp³-hybridized carbons (Fsp3) is 0.286. The lowest BCUT2D eigenvalue weighted by Gasteiger charge is -2.16. The summed E-state index contributed by atoms with van der Waals surface area (Å²) < 4.78 is 0. The molecule has 1 aromatic carbocycles. The van der Waals surface area contributed by atoms with E-state index in [4.69, 9.17) is 0 Å². The summed E-state index contributed by atoms with van der Waals surface area (Å²) in [6.45, 7) is 3.85.